The molecule has 9 heteroatoms. The molecule has 2 fully saturated rings. The summed E-state index contributed by atoms with van der Waals surface area (Å²) in [5, 5.41) is 21.5. The maximum Gasteiger partial charge on any atom is 0.295 e. The zero-order valence-corrected chi connectivity index (χ0v) is 20.8. The molecule has 2 aromatic carbocycles. The molecule has 2 aromatic rings. The van der Waals surface area contributed by atoms with Crippen molar-refractivity contribution in [3.8, 4) is 17.2 Å². The van der Waals surface area contributed by atoms with Crippen molar-refractivity contribution in [1.29, 1.82) is 0 Å². The third kappa shape index (κ3) is 5.03. The Bertz CT molecular complexity index is 1170. The van der Waals surface area contributed by atoms with Crippen LogP contribution < -0.4 is 9.47 Å². The third-order valence-corrected chi connectivity index (χ3v) is 6.57. The number of benzene rings is 2. The lowest BCUT2D eigenvalue weighted by Crippen LogP contribution is -2.42. The molecule has 0 saturated carbocycles. The van der Waals surface area contributed by atoms with Gasteiger partial charge in [0.2, 0.25) is 0 Å². The van der Waals surface area contributed by atoms with Crippen molar-refractivity contribution in [3.63, 3.8) is 0 Å². The average Bonchev–Trinajstić information content (AvgIpc) is 3.14. The van der Waals surface area contributed by atoms with Gasteiger partial charge >= 0.3 is 0 Å². The number of hydrogen-bond donors (Lipinski definition) is 2. The van der Waals surface area contributed by atoms with Crippen molar-refractivity contribution in [2.24, 2.45) is 0 Å². The fraction of sp³-hybridized carbons (Fsp3) is 0.407. The number of nitrogens with zero attached hydrogens (tertiary/aromatic N) is 2. The van der Waals surface area contributed by atoms with Crippen molar-refractivity contribution < 1.29 is 34.0 Å². The minimum atomic E-state index is -0.840. The molecule has 9 nitrogen and oxygen atoms in total. The van der Waals surface area contributed by atoms with Crippen LogP contribution in [0.2, 0.25) is 0 Å². The molecule has 4 rings (SSSR count). The molecule has 0 aromatic heterocycles. The lowest BCUT2D eigenvalue weighted by Gasteiger charge is -2.31. The number of carbonyl (C=O) groups excluding carboxylic acids is 2. The summed E-state index contributed by atoms with van der Waals surface area (Å²) >= 11 is 0. The van der Waals surface area contributed by atoms with E-state index in [0.717, 1.165) is 18.7 Å². The number of aromatic hydroxyl groups is 1. The highest BCUT2D eigenvalue weighted by atomic mass is 16.5. The van der Waals surface area contributed by atoms with Crippen LogP contribution in [0.3, 0.4) is 0 Å². The normalized spacial score (nSPS) is 20.1. The van der Waals surface area contributed by atoms with Gasteiger partial charge < -0.3 is 29.3 Å². The quantitative estimate of drug-likeness (QED) is 0.326. The van der Waals surface area contributed by atoms with E-state index in [2.05, 4.69) is 4.90 Å². The predicted octanol–water partition coefficient (Wildman–Crippen LogP) is 2.86. The topological polar surface area (TPSA) is 109 Å². The summed E-state index contributed by atoms with van der Waals surface area (Å²) in [7, 11) is 1.56. The first-order valence-corrected chi connectivity index (χ1v) is 12.0. The number of phenols is 1. The zero-order chi connectivity index (χ0) is 25.8. The summed E-state index contributed by atoms with van der Waals surface area (Å²) in [6.45, 7) is 7.54. The maximum absolute atomic E-state index is 13.3. The first-order valence-electron chi connectivity index (χ1n) is 12.0. The molecule has 2 N–H and O–H groups in total. The summed E-state index contributed by atoms with van der Waals surface area (Å²) < 4.78 is 16.3. The first kappa shape index (κ1) is 25.5. The molecule has 2 heterocycles. The van der Waals surface area contributed by atoms with Crippen LogP contribution in [0.1, 0.15) is 29.7 Å². The summed E-state index contributed by atoms with van der Waals surface area (Å²) in [6, 6.07) is 8.97. The average molecular weight is 497 g/mol. The molecule has 2 aliphatic rings. The van der Waals surface area contributed by atoms with Crippen molar-refractivity contribution in [2.45, 2.75) is 19.9 Å². The van der Waals surface area contributed by atoms with Gasteiger partial charge in [0.25, 0.3) is 11.7 Å². The van der Waals surface area contributed by atoms with Gasteiger partial charge in [-0.1, -0.05) is 6.07 Å². The molecular formula is C27H32N2O7. The number of Topliss-reactive ketones (excluding diaryl/α,β-unsaturated/α-hetero) is 1. The Kier molecular flexibility index (Phi) is 7.81. The molecule has 0 radical (unpaired) electrons. The van der Waals surface area contributed by atoms with Crippen LogP contribution in [0, 0.1) is 6.92 Å². The third-order valence-electron chi connectivity index (χ3n) is 6.57. The van der Waals surface area contributed by atoms with Gasteiger partial charge in [-0.25, -0.2) is 0 Å². The highest BCUT2D eigenvalue weighted by Crippen LogP contribution is 2.42. The molecule has 192 valence electrons. The van der Waals surface area contributed by atoms with Gasteiger partial charge in [-0.2, -0.15) is 0 Å². The summed E-state index contributed by atoms with van der Waals surface area (Å²) in [6.07, 6.45) is 0. The van der Waals surface area contributed by atoms with E-state index in [9.17, 15) is 19.8 Å². The van der Waals surface area contributed by atoms with Gasteiger partial charge in [-0.3, -0.25) is 14.5 Å². The molecule has 2 aliphatic heterocycles. The van der Waals surface area contributed by atoms with Gasteiger partial charge in [0.15, 0.2) is 11.5 Å². The number of ether oxygens (including phenoxy) is 3. The lowest BCUT2D eigenvalue weighted by molar-refractivity contribution is -0.140. The van der Waals surface area contributed by atoms with Crippen LogP contribution >= 0.6 is 0 Å². The molecule has 2 saturated heterocycles. The van der Waals surface area contributed by atoms with E-state index < -0.39 is 17.7 Å². The second-order valence-corrected chi connectivity index (χ2v) is 8.79. The number of carbonyl (C=O) groups is 2. The number of aryl methyl sites for hydroxylation is 1. The number of ketones is 1. The fourth-order valence-corrected chi connectivity index (χ4v) is 4.68. The largest absolute Gasteiger partial charge is 0.507 e. The van der Waals surface area contributed by atoms with E-state index in [-0.39, 0.29) is 22.8 Å². The SMILES string of the molecule is CCOc1cc(C2C(=C(O)c3ccc(OC)c(C)c3)C(=O)C(=O)N2CCN2CCOCC2)ccc1O. The Morgan fingerprint density at radius 1 is 1.08 bits per heavy atom. The smallest absolute Gasteiger partial charge is 0.295 e. The van der Waals surface area contributed by atoms with Crippen molar-refractivity contribution in [3.05, 3.63) is 58.7 Å². The van der Waals surface area contributed by atoms with Gasteiger partial charge in [0.05, 0.1) is 38.5 Å². The van der Waals surface area contributed by atoms with Crippen LogP contribution in [0.5, 0.6) is 17.2 Å². The molecule has 0 aliphatic carbocycles. The second kappa shape index (κ2) is 11.0. The number of rotatable bonds is 8. The Morgan fingerprint density at radius 3 is 2.50 bits per heavy atom. The van der Waals surface area contributed by atoms with E-state index in [4.69, 9.17) is 14.2 Å². The number of morpholine rings is 1. The van der Waals surface area contributed by atoms with Crippen LogP contribution in [0.15, 0.2) is 42.0 Å². The first-order chi connectivity index (χ1) is 17.3. The van der Waals surface area contributed by atoms with Crippen LogP contribution in [-0.4, -0.2) is 84.8 Å². The maximum atomic E-state index is 13.3. The summed E-state index contributed by atoms with van der Waals surface area (Å²) in [4.78, 5) is 30.2. The Morgan fingerprint density at radius 2 is 1.83 bits per heavy atom. The van der Waals surface area contributed by atoms with Crippen LogP contribution in [0.4, 0.5) is 0 Å². The molecule has 1 atom stereocenters. The minimum absolute atomic E-state index is 0.000294. The molecule has 1 unspecified atom stereocenters. The number of aliphatic hydroxyl groups excluding tert-OH is 1. The Labute approximate surface area is 210 Å². The number of hydrogen-bond acceptors (Lipinski definition) is 8. The Hall–Kier alpha value is -3.56. The zero-order valence-electron chi connectivity index (χ0n) is 20.8. The van der Waals surface area contributed by atoms with Gasteiger partial charge in [-0.05, 0) is 55.3 Å². The number of aliphatic hydroxyl groups is 1. The van der Waals surface area contributed by atoms with Crippen LogP contribution in [0.25, 0.3) is 5.76 Å². The molecule has 1 amide bonds. The van der Waals surface area contributed by atoms with E-state index in [1.54, 1.807) is 44.4 Å². The minimum Gasteiger partial charge on any atom is -0.507 e. The van der Waals surface area contributed by atoms with Crippen molar-refractivity contribution in [2.75, 3.05) is 53.1 Å². The molecule has 36 heavy (non-hydrogen) atoms. The van der Waals surface area contributed by atoms with Crippen molar-refractivity contribution >= 4 is 17.4 Å². The van der Waals surface area contributed by atoms with E-state index in [1.165, 1.54) is 11.0 Å². The monoisotopic (exact) mass is 496 g/mol. The molecule has 0 spiro atoms. The fourth-order valence-electron chi connectivity index (χ4n) is 4.68. The number of likely N-dealkylation sites (tertiary alicyclic amines) is 1. The van der Waals surface area contributed by atoms with E-state index in [1.807, 2.05) is 6.92 Å². The van der Waals surface area contributed by atoms with E-state index in [0.29, 0.717) is 49.8 Å². The second-order valence-electron chi connectivity index (χ2n) is 8.79. The number of phenolic OH excluding ortho intramolecular Hbond substituents is 1. The molecule has 0 bridgehead atoms. The summed E-state index contributed by atoms with van der Waals surface area (Å²) in [5.41, 5.74) is 1.75. The Balaban J connectivity index is 1.78. The predicted molar refractivity (Wildman–Crippen MR) is 133 cm³/mol. The highest BCUT2D eigenvalue weighted by molar-refractivity contribution is 6.46. The standard InChI is InChI=1S/C27H32N2O7/c1-4-36-22-16-18(5-7-20(22)30)24-23(25(31)19-6-8-21(34-3)17(2)15-19)26(32)27(33)29(24)10-9-28-11-13-35-14-12-28/h5-8,15-16,24,30-31H,4,9-14H2,1-3H3. The van der Waals surface area contributed by atoms with E-state index >= 15 is 0 Å². The molecular weight excluding hydrogens is 464 g/mol. The number of amides is 1. The van der Waals surface area contributed by atoms with Crippen LogP contribution in [-0.2, 0) is 14.3 Å². The van der Waals surface area contributed by atoms with Gasteiger partial charge in [0.1, 0.15) is 11.5 Å². The van der Waals surface area contributed by atoms with Gasteiger partial charge in [-0.15, -0.1) is 0 Å². The van der Waals surface area contributed by atoms with Crippen molar-refractivity contribution in [1.82, 2.24) is 9.80 Å². The lowest BCUT2D eigenvalue weighted by atomic mass is 9.94. The highest BCUT2D eigenvalue weighted by Gasteiger charge is 2.46. The van der Waals surface area contributed by atoms with Gasteiger partial charge in [0, 0.05) is 31.7 Å². The summed E-state index contributed by atoms with van der Waals surface area (Å²) in [5.74, 6) is -0.839. The number of methoxy groups -OCH3 is 1.